The monoisotopic (exact) mass is 252 g/mol. The molecule has 18 heavy (non-hydrogen) atoms. The third-order valence-corrected chi connectivity index (χ3v) is 3.34. The number of hydrogen-bond donors (Lipinski definition) is 1. The fourth-order valence-corrected chi connectivity index (χ4v) is 2.35. The van der Waals surface area contributed by atoms with E-state index in [0.29, 0.717) is 25.1 Å². The molecule has 1 aliphatic rings. The molecule has 2 rings (SSSR count). The minimum Gasteiger partial charge on any atom is -0.465 e. The second kappa shape index (κ2) is 5.44. The molecular weight excluding hydrogens is 235 g/mol. The van der Waals surface area contributed by atoms with Crippen LogP contribution in [0.5, 0.6) is 0 Å². The largest absolute Gasteiger partial charge is 0.465 e. The van der Waals surface area contributed by atoms with E-state index in [2.05, 4.69) is 10.3 Å². The van der Waals surface area contributed by atoms with E-state index in [4.69, 9.17) is 4.74 Å². The average molecular weight is 252 g/mol. The fourth-order valence-electron chi connectivity index (χ4n) is 2.35. The molecular formula is C13H17FN2O2. The Kier molecular flexibility index (Phi) is 3.91. The molecule has 0 bridgehead atoms. The number of aromatic nitrogens is 1. The number of nitrogens with zero attached hydrogens (tertiary/aromatic N) is 1. The van der Waals surface area contributed by atoms with Gasteiger partial charge in [-0.05, 0) is 45.0 Å². The summed E-state index contributed by atoms with van der Waals surface area (Å²) in [7, 11) is 0. The van der Waals surface area contributed by atoms with Crippen LogP contribution in [-0.2, 0) is 14.9 Å². The third-order valence-electron chi connectivity index (χ3n) is 3.34. The molecule has 0 spiro atoms. The van der Waals surface area contributed by atoms with Crippen LogP contribution in [-0.4, -0.2) is 30.6 Å². The van der Waals surface area contributed by atoms with E-state index in [-0.39, 0.29) is 5.97 Å². The number of ether oxygens (including phenoxy) is 1. The van der Waals surface area contributed by atoms with Crippen molar-refractivity contribution in [2.24, 2.45) is 0 Å². The molecule has 1 aromatic rings. The highest BCUT2D eigenvalue weighted by Gasteiger charge is 2.43. The lowest BCUT2D eigenvalue weighted by atomic mass is 9.76. The summed E-state index contributed by atoms with van der Waals surface area (Å²) in [5, 5.41) is 3.21. The molecule has 0 atom stereocenters. The van der Waals surface area contributed by atoms with E-state index in [1.165, 1.54) is 6.07 Å². The molecule has 1 aromatic heterocycles. The van der Waals surface area contributed by atoms with Crippen LogP contribution in [0.2, 0.25) is 0 Å². The molecule has 1 saturated heterocycles. The van der Waals surface area contributed by atoms with Crippen LogP contribution in [0.1, 0.15) is 25.5 Å². The van der Waals surface area contributed by atoms with Gasteiger partial charge in [-0.2, -0.15) is 0 Å². The summed E-state index contributed by atoms with van der Waals surface area (Å²) in [4.78, 5) is 16.3. The lowest BCUT2D eigenvalue weighted by Gasteiger charge is -2.34. The minimum absolute atomic E-state index is 0.259. The van der Waals surface area contributed by atoms with Crippen LogP contribution < -0.4 is 5.32 Å². The van der Waals surface area contributed by atoms with Gasteiger partial charge in [0.25, 0.3) is 0 Å². The quantitative estimate of drug-likeness (QED) is 0.826. The molecule has 0 radical (unpaired) electrons. The Bertz CT molecular complexity index is 414. The van der Waals surface area contributed by atoms with E-state index in [1.807, 2.05) is 0 Å². The van der Waals surface area contributed by atoms with Gasteiger partial charge in [-0.25, -0.2) is 4.39 Å². The SMILES string of the molecule is CCOC(=O)C1(c2ccc(F)cn2)CCNCC1. The lowest BCUT2D eigenvalue weighted by Crippen LogP contribution is -2.47. The van der Waals surface area contributed by atoms with E-state index in [9.17, 15) is 9.18 Å². The smallest absolute Gasteiger partial charge is 0.318 e. The first-order valence-electron chi connectivity index (χ1n) is 6.19. The van der Waals surface area contributed by atoms with Crippen molar-refractivity contribution in [2.45, 2.75) is 25.2 Å². The molecule has 1 N–H and O–H groups in total. The van der Waals surface area contributed by atoms with Gasteiger partial charge < -0.3 is 10.1 Å². The molecule has 5 heteroatoms. The van der Waals surface area contributed by atoms with Crippen molar-refractivity contribution in [3.05, 3.63) is 29.8 Å². The van der Waals surface area contributed by atoms with Crippen LogP contribution in [0.25, 0.3) is 0 Å². The number of pyridine rings is 1. The average Bonchev–Trinajstić information content (AvgIpc) is 2.40. The van der Waals surface area contributed by atoms with Crippen molar-refractivity contribution >= 4 is 5.97 Å². The Labute approximate surface area is 106 Å². The molecule has 1 aliphatic heterocycles. The molecule has 0 aliphatic carbocycles. The molecule has 0 unspecified atom stereocenters. The topological polar surface area (TPSA) is 51.2 Å². The molecule has 0 saturated carbocycles. The predicted molar refractivity (Wildman–Crippen MR) is 64.6 cm³/mol. The Balaban J connectivity index is 2.34. The van der Waals surface area contributed by atoms with E-state index in [1.54, 1.807) is 13.0 Å². The van der Waals surface area contributed by atoms with Gasteiger partial charge >= 0.3 is 5.97 Å². The Morgan fingerprint density at radius 3 is 2.78 bits per heavy atom. The van der Waals surface area contributed by atoms with Gasteiger partial charge in [-0.3, -0.25) is 9.78 Å². The summed E-state index contributed by atoms with van der Waals surface area (Å²) < 4.78 is 18.1. The normalized spacial score (nSPS) is 18.3. The summed E-state index contributed by atoms with van der Waals surface area (Å²) in [5.74, 6) is -0.655. The van der Waals surface area contributed by atoms with Crippen molar-refractivity contribution in [2.75, 3.05) is 19.7 Å². The van der Waals surface area contributed by atoms with Gasteiger partial charge in [0, 0.05) is 0 Å². The standard InChI is InChI=1S/C13H17FN2O2/c1-2-18-12(17)13(5-7-15-8-6-13)11-4-3-10(14)9-16-11/h3-4,9,15H,2,5-8H2,1H3. The number of carbonyl (C=O) groups excluding carboxylic acids is 1. The molecule has 1 fully saturated rings. The summed E-state index contributed by atoms with van der Waals surface area (Å²) in [6, 6.07) is 2.92. The minimum atomic E-state index is -0.727. The first-order valence-corrected chi connectivity index (χ1v) is 6.19. The van der Waals surface area contributed by atoms with E-state index < -0.39 is 11.2 Å². The second-order valence-corrected chi connectivity index (χ2v) is 4.41. The zero-order chi connectivity index (χ0) is 13.0. The van der Waals surface area contributed by atoms with Gasteiger partial charge in [0.15, 0.2) is 0 Å². The predicted octanol–water partition coefficient (Wildman–Crippen LogP) is 1.41. The Hall–Kier alpha value is -1.49. The van der Waals surface area contributed by atoms with Crippen LogP contribution in [0.15, 0.2) is 18.3 Å². The first kappa shape index (κ1) is 13.0. The van der Waals surface area contributed by atoms with Gasteiger partial charge in [0.1, 0.15) is 11.2 Å². The first-order chi connectivity index (χ1) is 8.69. The summed E-state index contributed by atoms with van der Waals surface area (Å²) >= 11 is 0. The van der Waals surface area contributed by atoms with Gasteiger partial charge in [0.05, 0.1) is 18.5 Å². The van der Waals surface area contributed by atoms with Crippen molar-refractivity contribution < 1.29 is 13.9 Å². The number of piperidine rings is 1. The zero-order valence-electron chi connectivity index (χ0n) is 10.4. The molecule has 2 heterocycles. The maximum absolute atomic E-state index is 12.9. The van der Waals surface area contributed by atoms with Crippen LogP contribution in [0.4, 0.5) is 4.39 Å². The van der Waals surface area contributed by atoms with E-state index in [0.717, 1.165) is 19.3 Å². The number of halogens is 1. The number of rotatable bonds is 3. The molecule has 0 amide bonds. The maximum Gasteiger partial charge on any atom is 0.318 e. The Morgan fingerprint density at radius 2 is 2.22 bits per heavy atom. The number of esters is 1. The van der Waals surface area contributed by atoms with E-state index >= 15 is 0 Å². The lowest BCUT2D eigenvalue weighted by molar-refractivity contribution is -0.151. The van der Waals surface area contributed by atoms with Gasteiger partial charge in [-0.15, -0.1) is 0 Å². The van der Waals surface area contributed by atoms with Crippen LogP contribution >= 0.6 is 0 Å². The second-order valence-electron chi connectivity index (χ2n) is 4.41. The summed E-state index contributed by atoms with van der Waals surface area (Å²) in [6.07, 6.45) is 2.41. The Morgan fingerprint density at radius 1 is 1.50 bits per heavy atom. The van der Waals surface area contributed by atoms with Gasteiger partial charge in [0.2, 0.25) is 0 Å². The van der Waals surface area contributed by atoms with Crippen molar-refractivity contribution in [3.63, 3.8) is 0 Å². The van der Waals surface area contributed by atoms with Gasteiger partial charge in [-0.1, -0.05) is 0 Å². The van der Waals surface area contributed by atoms with Crippen molar-refractivity contribution in [3.8, 4) is 0 Å². The maximum atomic E-state index is 12.9. The number of hydrogen-bond acceptors (Lipinski definition) is 4. The van der Waals surface area contributed by atoms with Crippen molar-refractivity contribution in [1.29, 1.82) is 0 Å². The molecule has 98 valence electrons. The van der Waals surface area contributed by atoms with Crippen LogP contribution in [0.3, 0.4) is 0 Å². The highest BCUT2D eigenvalue weighted by molar-refractivity contribution is 5.82. The highest BCUT2D eigenvalue weighted by Crippen LogP contribution is 2.33. The number of carbonyl (C=O) groups is 1. The zero-order valence-corrected chi connectivity index (χ0v) is 10.4. The highest BCUT2D eigenvalue weighted by atomic mass is 19.1. The summed E-state index contributed by atoms with van der Waals surface area (Å²) in [6.45, 7) is 3.59. The van der Waals surface area contributed by atoms with Crippen LogP contribution in [0, 0.1) is 5.82 Å². The third kappa shape index (κ3) is 2.36. The number of nitrogens with one attached hydrogen (secondary N) is 1. The summed E-state index contributed by atoms with van der Waals surface area (Å²) in [5.41, 5.74) is -0.126. The fraction of sp³-hybridized carbons (Fsp3) is 0.538. The molecule has 0 aromatic carbocycles. The van der Waals surface area contributed by atoms with Crippen molar-refractivity contribution in [1.82, 2.24) is 10.3 Å². The molecule has 4 nitrogen and oxygen atoms in total.